The fraction of sp³-hybridized carbons (Fsp3) is 0.300. The first-order chi connectivity index (χ1) is 7.40. The summed E-state index contributed by atoms with van der Waals surface area (Å²) in [4.78, 5) is 11.0. The number of benzene rings is 1. The van der Waals surface area contributed by atoms with E-state index in [1.54, 1.807) is 0 Å². The van der Waals surface area contributed by atoms with E-state index < -0.39 is 17.5 Å². The van der Waals surface area contributed by atoms with E-state index in [1.807, 2.05) is 0 Å². The summed E-state index contributed by atoms with van der Waals surface area (Å²) in [6.45, 7) is 0. The van der Waals surface area contributed by atoms with Gasteiger partial charge in [0.25, 0.3) is 5.78 Å². The number of carbonyl (C=O) groups excluding carboxylic acids is 1. The Labute approximate surface area is 89.8 Å². The lowest BCUT2D eigenvalue weighted by atomic mass is 10.1. The summed E-state index contributed by atoms with van der Waals surface area (Å²) in [6.07, 6.45) is -4.91. The van der Waals surface area contributed by atoms with E-state index in [4.69, 9.17) is 9.47 Å². The molecule has 3 nitrogen and oxygen atoms in total. The molecular formula is C10H9F3O3. The van der Waals surface area contributed by atoms with Crippen LogP contribution < -0.4 is 9.47 Å². The monoisotopic (exact) mass is 234 g/mol. The molecule has 0 N–H and O–H groups in total. The normalized spacial score (nSPS) is 11.1. The quantitative estimate of drug-likeness (QED) is 0.753. The number of hydrogen-bond acceptors (Lipinski definition) is 3. The molecule has 0 heterocycles. The molecule has 0 fully saturated rings. The molecule has 6 heteroatoms. The summed E-state index contributed by atoms with van der Waals surface area (Å²) in [7, 11) is 2.54. The van der Waals surface area contributed by atoms with Crippen LogP contribution in [0.5, 0.6) is 11.5 Å². The summed E-state index contributed by atoms with van der Waals surface area (Å²) in [5.74, 6) is -1.79. The van der Waals surface area contributed by atoms with Gasteiger partial charge >= 0.3 is 6.18 Å². The lowest BCUT2D eigenvalue weighted by Crippen LogP contribution is -2.23. The van der Waals surface area contributed by atoms with Gasteiger partial charge in [-0.2, -0.15) is 13.2 Å². The molecule has 16 heavy (non-hydrogen) atoms. The van der Waals surface area contributed by atoms with Crippen molar-refractivity contribution in [2.24, 2.45) is 0 Å². The van der Waals surface area contributed by atoms with Crippen molar-refractivity contribution < 1.29 is 27.4 Å². The highest BCUT2D eigenvalue weighted by Gasteiger charge is 2.40. The van der Waals surface area contributed by atoms with Crippen molar-refractivity contribution >= 4 is 5.78 Å². The zero-order valence-corrected chi connectivity index (χ0v) is 8.59. The average Bonchev–Trinajstić information content (AvgIpc) is 2.26. The topological polar surface area (TPSA) is 35.5 Å². The lowest BCUT2D eigenvalue weighted by Gasteiger charge is -2.10. The van der Waals surface area contributed by atoms with Crippen molar-refractivity contribution in [2.45, 2.75) is 6.18 Å². The number of ether oxygens (including phenoxy) is 2. The Kier molecular flexibility index (Phi) is 3.41. The number of methoxy groups -OCH3 is 2. The number of Topliss-reactive ketones (excluding diaryl/α,β-unsaturated/α-hetero) is 1. The van der Waals surface area contributed by atoms with Crippen LogP contribution in [0.2, 0.25) is 0 Å². The minimum atomic E-state index is -4.91. The van der Waals surface area contributed by atoms with Gasteiger partial charge in [-0.1, -0.05) is 0 Å². The van der Waals surface area contributed by atoms with Gasteiger partial charge in [0.15, 0.2) is 0 Å². The number of halogens is 3. The molecule has 0 aliphatic rings. The smallest absolute Gasteiger partial charge is 0.455 e. The van der Waals surface area contributed by atoms with E-state index in [0.29, 0.717) is 5.75 Å². The van der Waals surface area contributed by atoms with Crippen molar-refractivity contribution in [3.8, 4) is 11.5 Å². The maximum absolute atomic E-state index is 12.2. The summed E-state index contributed by atoms with van der Waals surface area (Å²) >= 11 is 0. The summed E-state index contributed by atoms with van der Waals surface area (Å²) < 4.78 is 46.1. The second-order valence-electron chi connectivity index (χ2n) is 2.89. The van der Waals surface area contributed by atoms with Gasteiger partial charge in [-0.05, 0) is 12.1 Å². The standard InChI is InChI=1S/C10H9F3O3/c1-15-6-3-4-7(8(5-6)16-2)9(14)10(11,12)13/h3-5H,1-2H3. The fourth-order valence-corrected chi connectivity index (χ4v) is 1.14. The molecule has 0 unspecified atom stereocenters. The fourth-order valence-electron chi connectivity index (χ4n) is 1.14. The van der Waals surface area contributed by atoms with E-state index in [0.717, 1.165) is 6.07 Å². The second kappa shape index (κ2) is 4.42. The van der Waals surface area contributed by atoms with Gasteiger partial charge in [-0.25, -0.2) is 0 Å². The third-order valence-corrected chi connectivity index (χ3v) is 1.91. The van der Waals surface area contributed by atoms with E-state index in [9.17, 15) is 18.0 Å². The van der Waals surface area contributed by atoms with Crippen molar-refractivity contribution in [2.75, 3.05) is 14.2 Å². The third-order valence-electron chi connectivity index (χ3n) is 1.91. The van der Waals surface area contributed by atoms with Crippen LogP contribution in [0.4, 0.5) is 13.2 Å². The zero-order valence-electron chi connectivity index (χ0n) is 8.59. The molecule has 0 aliphatic heterocycles. The van der Waals surface area contributed by atoms with E-state index in [2.05, 4.69) is 0 Å². The molecule has 0 spiro atoms. The van der Waals surface area contributed by atoms with Crippen molar-refractivity contribution in [3.05, 3.63) is 23.8 Å². The van der Waals surface area contributed by atoms with Gasteiger partial charge in [0, 0.05) is 6.07 Å². The Morgan fingerprint density at radius 1 is 1.19 bits per heavy atom. The molecule has 0 saturated heterocycles. The van der Waals surface area contributed by atoms with Gasteiger partial charge in [-0.3, -0.25) is 4.79 Å². The number of rotatable bonds is 3. The number of ketones is 1. The van der Waals surface area contributed by atoms with Crippen LogP contribution in [0.1, 0.15) is 10.4 Å². The van der Waals surface area contributed by atoms with Crippen molar-refractivity contribution in [1.29, 1.82) is 0 Å². The Morgan fingerprint density at radius 3 is 2.25 bits per heavy atom. The minimum Gasteiger partial charge on any atom is -0.497 e. The molecule has 1 rings (SSSR count). The summed E-state index contributed by atoms with van der Waals surface area (Å²) in [5.41, 5.74) is -0.532. The first-order valence-electron chi connectivity index (χ1n) is 4.23. The van der Waals surface area contributed by atoms with Crippen LogP contribution >= 0.6 is 0 Å². The maximum Gasteiger partial charge on any atom is 0.455 e. The van der Waals surface area contributed by atoms with Crippen molar-refractivity contribution in [1.82, 2.24) is 0 Å². The average molecular weight is 234 g/mol. The van der Waals surface area contributed by atoms with Crippen LogP contribution in [0.15, 0.2) is 18.2 Å². The molecule has 0 saturated carbocycles. The molecule has 0 atom stereocenters. The summed E-state index contributed by atoms with van der Waals surface area (Å²) in [6, 6.07) is 3.51. The molecule has 0 amide bonds. The number of hydrogen-bond donors (Lipinski definition) is 0. The molecule has 1 aromatic carbocycles. The highest BCUT2D eigenvalue weighted by molar-refractivity contribution is 6.02. The Balaban J connectivity index is 3.19. The Morgan fingerprint density at radius 2 is 1.81 bits per heavy atom. The van der Waals surface area contributed by atoms with Gasteiger partial charge in [0.05, 0.1) is 19.8 Å². The van der Waals surface area contributed by atoms with Crippen LogP contribution in [0, 0.1) is 0 Å². The van der Waals surface area contributed by atoms with Crippen LogP contribution in [0.3, 0.4) is 0 Å². The third kappa shape index (κ3) is 2.44. The van der Waals surface area contributed by atoms with Gasteiger partial charge in [-0.15, -0.1) is 0 Å². The van der Waals surface area contributed by atoms with Crippen LogP contribution in [-0.2, 0) is 0 Å². The molecular weight excluding hydrogens is 225 g/mol. The predicted molar refractivity (Wildman–Crippen MR) is 49.9 cm³/mol. The number of carbonyl (C=O) groups is 1. The molecule has 0 aromatic heterocycles. The second-order valence-corrected chi connectivity index (χ2v) is 2.89. The molecule has 1 aromatic rings. The Hall–Kier alpha value is -1.72. The van der Waals surface area contributed by atoms with Crippen LogP contribution in [0.25, 0.3) is 0 Å². The lowest BCUT2D eigenvalue weighted by molar-refractivity contribution is -0.0886. The van der Waals surface area contributed by atoms with Gasteiger partial charge in [0.2, 0.25) is 0 Å². The van der Waals surface area contributed by atoms with E-state index >= 15 is 0 Å². The minimum absolute atomic E-state index is 0.165. The molecule has 0 aliphatic carbocycles. The highest BCUT2D eigenvalue weighted by Crippen LogP contribution is 2.30. The van der Waals surface area contributed by atoms with E-state index in [-0.39, 0.29) is 5.75 Å². The van der Waals surface area contributed by atoms with E-state index in [1.165, 1.54) is 26.4 Å². The predicted octanol–water partition coefficient (Wildman–Crippen LogP) is 2.45. The molecule has 0 bridgehead atoms. The van der Waals surface area contributed by atoms with Gasteiger partial charge in [0.1, 0.15) is 11.5 Å². The SMILES string of the molecule is COc1ccc(C(=O)C(F)(F)F)c(OC)c1. The van der Waals surface area contributed by atoms with Crippen molar-refractivity contribution in [3.63, 3.8) is 0 Å². The Bertz CT molecular complexity index is 399. The summed E-state index contributed by atoms with van der Waals surface area (Å²) in [5, 5.41) is 0. The first-order valence-corrected chi connectivity index (χ1v) is 4.23. The number of alkyl halides is 3. The maximum atomic E-state index is 12.2. The highest BCUT2D eigenvalue weighted by atomic mass is 19.4. The van der Waals surface area contributed by atoms with Crippen LogP contribution in [-0.4, -0.2) is 26.2 Å². The first kappa shape index (κ1) is 12.4. The largest absolute Gasteiger partial charge is 0.497 e. The molecule has 88 valence electrons. The zero-order chi connectivity index (χ0) is 12.3. The van der Waals surface area contributed by atoms with Gasteiger partial charge < -0.3 is 9.47 Å². The molecule has 0 radical (unpaired) electrons.